The average Bonchev–Trinajstić information content (AvgIpc) is 3.18. The molecule has 6 nitrogen and oxygen atoms in total. The van der Waals surface area contributed by atoms with E-state index in [4.69, 9.17) is 27.9 Å². The fraction of sp³-hybridized carbons (Fsp3) is 0.100. The largest absolute Gasteiger partial charge is 0.496 e. The zero-order valence-corrected chi connectivity index (χ0v) is 16.6. The molecule has 0 radical (unpaired) electrons. The molecule has 0 aliphatic rings. The second-order valence-corrected chi connectivity index (χ2v) is 6.74. The molecule has 28 heavy (non-hydrogen) atoms. The summed E-state index contributed by atoms with van der Waals surface area (Å²) < 4.78 is 7.20. The Morgan fingerprint density at radius 2 is 1.71 bits per heavy atom. The molecule has 0 saturated carbocycles. The van der Waals surface area contributed by atoms with Crippen LogP contribution in [0.15, 0.2) is 54.9 Å². The molecular formula is C20H17Cl2N3O3. The van der Waals surface area contributed by atoms with E-state index >= 15 is 0 Å². The van der Waals surface area contributed by atoms with Crippen molar-refractivity contribution in [1.29, 1.82) is 0 Å². The highest BCUT2D eigenvalue weighted by Gasteiger charge is 2.18. The van der Waals surface area contributed by atoms with Crippen molar-refractivity contribution < 1.29 is 14.3 Å². The molecule has 2 amide bonds. The number of anilines is 2. The van der Waals surface area contributed by atoms with E-state index in [-0.39, 0.29) is 11.5 Å². The van der Waals surface area contributed by atoms with Crippen molar-refractivity contribution in [3.8, 4) is 11.4 Å². The van der Waals surface area contributed by atoms with Crippen LogP contribution in [0.4, 0.5) is 11.4 Å². The first kappa shape index (κ1) is 19.8. The first-order chi connectivity index (χ1) is 13.4. The minimum absolute atomic E-state index is 0.228. The Balaban J connectivity index is 1.93. The van der Waals surface area contributed by atoms with Gasteiger partial charge in [-0.3, -0.25) is 9.59 Å². The second kappa shape index (κ2) is 8.37. The third kappa shape index (κ3) is 4.30. The predicted octanol–water partition coefficient (Wildman–Crippen LogP) is 5.00. The van der Waals surface area contributed by atoms with E-state index in [2.05, 4.69) is 10.6 Å². The van der Waals surface area contributed by atoms with Gasteiger partial charge >= 0.3 is 0 Å². The van der Waals surface area contributed by atoms with Crippen molar-refractivity contribution in [2.75, 3.05) is 17.7 Å². The molecule has 0 aliphatic heterocycles. The monoisotopic (exact) mass is 417 g/mol. The van der Waals surface area contributed by atoms with Crippen LogP contribution in [0, 0.1) is 0 Å². The Bertz CT molecular complexity index is 1030. The standard InChI is InChI=1S/C20H17Cl2N3O3/c1-12(26)23-13-5-6-15(21)17(9-13)24-20(27)14-10-16(22)18(11-19(14)28-2)25-7-3-4-8-25/h3-11H,1-2H3,(H,23,26)(H,24,27). The van der Waals surface area contributed by atoms with E-state index in [0.717, 1.165) is 0 Å². The number of carbonyl (C=O) groups is 2. The fourth-order valence-electron chi connectivity index (χ4n) is 2.67. The number of hydrogen-bond acceptors (Lipinski definition) is 3. The summed E-state index contributed by atoms with van der Waals surface area (Å²) in [6.45, 7) is 1.39. The SMILES string of the molecule is COc1cc(-n2cccc2)c(Cl)cc1C(=O)Nc1cc(NC(C)=O)ccc1Cl. The summed E-state index contributed by atoms with van der Waals surface area (Å²) in [6, 6.07) is 11.8. The Morgan fingerprint density at radius 1 is 1.00 bits per heavy atom. The van der Waals surface area contributed by atoms with Crippen LogP contribution in [0.25, 0.3) is 5.69 Å². The van der Waals surface area contributed by atoms with Gasteiger partial charge in [-0.25, -0.2) is 0 Å². The number of nitrogens with zero attached hydrogens (tertiary/aromatic N) is 1. The minimum atomic E-state index is -0.445. The van der Waals surface area contributed by atoms with Gasteiger partial charge in [0.1, 0.15) is 5.75 Å². The summed E-state index contributed by atoms with van der Waals surface area (Å²) in [7, 11) is 1.48. The number of ether oxygens (including phenoxy) is 1. The van der Waals surface area contributed by atoms with Gasteiger partial charge in [0, 0.05) is 31.1 Å². The number of amides is 2. The molecule has 0 aliphatic carbocycles. The molecule has 3 aromatic rings. The molecule has 0 unspecified atom stereocenters. The lowest BCUT2D eigenvalue weighted by Crippen LogP contribution is -2.14. The second-order valence-electron chi connectivity index (χ2n) is 5.92. The smallest absolute Gasteiger partial charge is 0.259 e. The molecule has 3 rings (SSSR count). The zero-order valence-electron chi connectivity index (χ0n) is 15.1. The van der Waals surface area contributed by atoms with Crippen molar-refractivity contribution >= 4 is 46.4 Å². The number of nitrogens with one attached hydrogen (secondary N) is 2. The van der Waals surface area contributed by atoms with Gasteiger partial charge in [0.15, 0.2) is 0 Å². The summed E-state index contributed by atoms with van der Waals surface area (Å²) in [5.74, 6) is -0.312. The summed E-state index contributed by atoms with van der Waals surface area (Å²) in [5.41, 5.74) is 1.81. The van der Waals surface area contributed by atoms with Crippen molar-refractivity contribution in [1.82, 2.24) is 4.57 Å². The molecule has 1 aromatic heterocycles. The van der Waals surface area contributed by atoms with Crippen molar-refractivity contribution in [2.24, 2.45) is 0 Å². The lowest BCUT2D eigenvalue weighted by Gasteiger charge is -2.14. The molecular weight excluding hydrogens is 401 g/mol. The van der Waals surface area contributed by atoms with E-state index in [9.17, 15) is 9.59 Å². The first-order valence-electron chi connectivity index (χ1n) is 8.28. The Morgan fingerprint density at radius 3 is 2.36 bits per heavy atom. The van der Waals surface area contributed by atoms with Gasteiger partial charge in [-0.15, -0.1) is 0 Å². The third-order valence-electron chi connectivity index (χ3n) is 3.93. The molecule has 1 heterocycles. The summed E-state index contributed by atoms with van der Waals surface area (Å²) >= 11 is 12.6. The normalized spacial score (nSPS) is 10.4. The molecule has 0 saturated heterocycles. The van der Waals surface area contributed by atoms with Crippen LogP contribution < -0.4 is 15.4 Å². The highest BCUT2D eigenvalue weighted by Crippen LogP contribution is 2.32. The van der Waals surface area contributed by atoms with Gasteiger partial charge in [-0.05, 0) is 36.4 Å². The van der Waals surface area contributed by atoms with Crippen LogP contribution in [0.5, 0.6) is 5.75 Å². The number of methoxy groups -OCH3 is 1. The van der Waals surface area contributed by atoms with E-state index < -0.39 is 5.91 Å². The van der Waals surface area contributed by atoms with Crippen LogP contribution in [0.1, 0.15) is 17.3 Å². The highest BCUT2D eigenvalue weighted by molar-refractivity contribution is 6.34. The van der Waals surface area contributed by atoms with Crippen LogP contribution in [-0.2, 0) is 4.79 Å². The van der Waals surface area contributed by atoms with E-state index in [1.54, 1.807) is 24.3 Å². The van der Waals surface area contributed by atoms with Gasteiger partial charge in [0.25, 0.3) is 5.91 Å². The van der Waals surface area contributed by atoms with Crippen molar-refractivity contribution in [2.45, 2.75) is 6.92 Å². The number of hydrogen-bond donors (Lipinski definition) is 2. The first-order valence-corrected chi connectivity index (χ1v) is 9.04. The lowest BCUT2D eigenvalue weighted by molar-refractivity contribution is -0.114. The molecule has 144 valence electrons. The Labute approximate surface area is 172 Å². The maximum atomic E-state index is 12.8. The maximum Gasteiger partial charge on any atom is 0.259 e. The minimum Gasteiger partial charge on any atom is -0.496 e. The Kier molecular flexibility index (Phi) is 5.92. The summed E-state index contributed by atoms with van der Waals surface area (Å²) in [5, 5.41) is 6.09. The van der Waals surface area contributed by atoms with Gasteiger partial charge < -0.3 is 19.9 Å². The highest BCUT2D eigenvalue weighted by atomic mass is 35.5. The number of aromatic nitrogens is 1. The Hall–Kier alpha value is -2.96. The lowest BCUT2D eigenvalue weighted by atomic mass is 10.1. The van der Waals surface area contributed by atoms with Gasteiger partial charge in [0.2, 0.25) is 5.91 Å². The van der Waals surface area contributed by atoms with Crippen molar-refractivity contribution in [3.63, 3.8) is 0 Å². The van der Waals surface area contributed by atoms with E-state index in [1.165, 1.54) is 20.1 Å². The molecule has 8 heteroatoms. The van der Waals surface area contributed by atoms with Crippen LogP contribution in [0.2, 0.25) is 10.0 Å². The molecule has 0 fully saturated rings. The van der Waals surface area contributed by atoms with E-state index in [0.29, 0.717) is 32.9 Å². The fourth-order valence-corrected chi connectivity index (χ4v) is 3.10. The number of halogens is 2. The van der Waals surface area contributed by atoms with E-state index in [1.807, 2.05) is 29.1 Å². The summed E-state index contributed by atoms with van der Waals surface area (Å²) in [4.78, 5) is 24.1. The molecule has 2 N–H and O–H groups in total. The molecule has 0 spiro atoms. The van der Waals surface area contributed by atoms with Gasteiger partial charge in [-0.1, -0.05) is 23.2 Å². The summed E-state index contributed by atoms with van der Waals surface area (Å²) in [6.07, 6.45) is 3.68. The van der Waals surface area contributed by atoms with Gasteiger partial charge in [0.05, 0.1) is 34.1 Å². The van der Waals surface area contributed by atoms with Crippen LogP contribution in [-0.4, -0.2) is 23.5 Å². The maximum absolute atomic E-state index is 12.8. The number of rotatable bonds is 5. The predicted molar refractivity (Wildman–Crippen MR) is 111 cm³/mol. The average molecular weight is 418 g/mol. The van der Waals surface area contributed by atoms with Crippen LogP contribution in [0.3, 0.4) is 0 Å². The molecule has 2 aromatic carbocycles. The zero-order chi connectivity index (χ0) is 20.3. The third-order valence-corrected chi connectivity index (χ3v) is 4.56. The van der Waals surface area contributed by atoms with Crippen molar-refractivity contribution in [3.05, 3.63) is 70.5 Å². The molecule has 0 bridgehead atoms. The quantitative estimate of drug-likeness (QED) is 0.612. The number of benzene rings is 2. The number of carbonyl (C=O) groups excluding carboxylic acids is 2. The van der Waals surface area contributed by atoms with Gasteiger partial charge in [-0.2, -0.15) is 0 Å². The topological polar surface area (TPSA) is 72.4 Å². The van der Waals surface area contributed by atoms with Crippen LogP contribution >= 0.6 is 23.2 Å². The molecule has 0 atom stereocenters.